The van der Waals surface area contributed by atoms with E-state index in [9.17, 15) is 4.79 Å². The maximum Gasteiger partial charge on any atom is 0.255 e. The van der Waals surface area contributed by atoms with Crippen molar-refractivity contribution in [3.05, 3.63) is 83.6 Å². The lowest BCUT2D eigenvalue weighted by molar-refractivity contribution is 0.0929. The molecule has 1 aromatic carbocycles. The van der Waals surface area contributed by atoms with Gasteiger partial charge in [-0.2, -0.15) is 0 Å². The van der Waals surface area contributed by atoms with Gasteiger partial charge in [0.1, 0.15) is 11.3 Å². The molecule has 1 aliphatic carbocycles. The summed E-state index contributed by atoms with van der Waals surface area (Å²) in [5.74, 6) is -0.402. The minimum atomic E-state index is -0.297. The molecule has 1 fully saturated rings. The fourth-order valence-corrected chi connectivity index (χ4v) is 4.65. The summed E-state index contributed by atoms with van der Waals surface area (Å²) in [7, 11) is 0. The summed E-state index contributed by atoms with van der Waals surface area (Å²) in [5.41, 5.74) is 4.93. The van der Waals surface area contributed by atoms with Gasteiger partial charge in [0.25, 0.3) is 5.91 Å². The molecule has 0 unspecified atom stereocenters. The Balaban J connectivity index is 1.43. The molecule has 0 spiro atoms. The van der Waals surface area contributed by atoms with Crippen molar-refractivity contribution in [2.24, 2.45) is 0 Å². The molecule has 3 heterocycles. The van der Waals surface area contributed by atoms with E-state index in [1.54, 1.807) is 18.5 Å². The van der Waals surface area contributed by atoms with Crippen LogP contribution in [0.1, 0.15) is 53.7 Å². The van der Waals surface area contributed by atoms with Crippen LogP contribution in [0.25, 0.3) is 22.3 Å². The molecule has 0 atom stereocenters. The van der Waals surface area contributed by atoms with Gasteiger partial charge in [-0.3, -0.25) is 14.8 Å². The molecular weight excluding hydrogens is 415 g/mol. The van der Waals surface area contributed by atoms with Crippen LogP contribution in [0.2, 0.25) is 0 Å². The zero-order valence-corrected chi connectivity index (χ0v) is 18.7. The van der Waals surface area contributed by atoms with Crippen LogP contribution in [0.4, 0.5) is 4.39 Å². The average molecular weight is 443 g/mol. The third-order valence-corrected chi connectivity index (χ3v) is 6.40. The van der Waals surface area contributed by atoms with E-state index >= 15 is 4.39 Å². The number of pyridine rings is 2. The summed E-state index contributed by atoms with van der Waals surface area (Å²) in [6.07, 6.45) is 9.06. The van der Waals surface area contributed by atoms with Crippen LogP contribution in [-0.2, 0) is 6.54 Å². The number of fused-ring (bicyclic) bond motifs is 1. The molecule has 1 aliphatic rings. The summed E-state index contributed by atoms with van der Waals surface area (Å²) in [6.45, 7) is 2.23. The number of aromatic nitrogens is 3. The molecule has 1 N–H and O–H groups in total. The first-order valence-electron chi connectivity index (χ1n) is 11.6. The van der Waals surface area contributed by atoms with Gasteiger partial charge in [-0.25, -0.2) is 4.39 Å². The summed E-state index contributed by atoms with van der Waals surface area (Å²) in [4.78, 5) is 22.0. The number of amides is 1. The first kappa shape index (κ1) is 21.3. The van der Waals surface area contributed by atoms with Gasteiger partial charge in [-0.1, -0.05) is 37.5 Å². The van der Waals surface area contributed by atoms with Crippen molar-refractivity contribution in [3.63, 3.8) is 0 Å². The molecule has 5 rings (SSSR count). The second-order valence-electron chi connectivity index (χ2n) is 8.82. The fraction of sp³-hybridized carbons (Fsp3) is 0.296. The van der Waals surface area contributed by atoms with Gasteiger partial charge in [0.15, 0.2) is 0 Å². The van der Waals surface area contributed by atoms with Gasteiger partial charge in [0.2, 0.25) is 0 Å². The molecule has 0 aliphatic heterocycles. The van der Waals surface area contributed by atoms with Crippen LogP contribution in [0.5, 0.6) is 0 Å². The predicted molar refractivity (Wildman–Crippen MR) is 128 cm³/mol. The standard InChI is InChI=1S/C27H27FN4O/c1-18-7-5-10-24(30-18)19-12-13-20(23(28)15-19)16-32-17-22(26-25(32)11-6-14-29-26)27(33)31-21-8-3-2-4-9-21/h5-7,10-15,17,21H,2-4,8-9,16H2,1H3,(H,31,33). The minimum absolute atomic E-state index is 0.106. The highest BCUT2D eigenvalue weighted by molar-refractivity contribution is 6.05. The van der Waals surface area contributed by atoms with E-state index in [4.69, 9.17) is 0 Å². The number of hydrogen-bond acceptors (Lipinski definition) is 3. The Kier molecular flexibility index (Phi) is 5.90. The second-order valence-corrected chi connectivity index (χ2v) is 8.82. The van der Waals surface area contributed by atoms with Gasteiger partial charge >= 0.3 is 0 Å². The third kappa shape index (κ3) is 4.51. The lowest BCUT2D eigenvalue weighted by Gasteiger charge is -2.22. The van der Waals surface area contributed by atoms with Gasteiger partial charge in [-0.15, -0.1) is 0 Å². The van der Waals surface area contributed by atoms with Crippen LogP contribution in [0.3, 0.4) is 0 Å². The lowest BCUT2D eigenvalue weighted by atomic mass is 9.95. The predicted octanol–water partition coefficient (Wildman–Crippen LogP) is 5.66. The SMILES string of the molecule is Cc1cccc(-c2ccc(Cn3cc(C(=O)NC4CCCCC4)c4ncccc43)c(F)c2)n1. The summed E-state index contributed by atoms with van der Waals surface area (Å²) >= 11 is 0. The summed E-state index contributed by atoms with van der Waals surface area (Å²) in [5, 5.41) is 3.17. The minimum Gasteiger partial charge on any atom is -0.349 e. The van der Waals surface area contributed by atoms with Crippen molar-refractivity contribution < 1.29 is 9.18 Å². The van der Waals surface area contributed by atoms with Gasteiger partial charge in [-0.05, 0) is 50.1 Å². The maximum atomic E-state index is 15.1. The van der Waals surface area contributed by atoms with Crippen LogP contribution >= 0.6 is 0 Å². The Hall–Kier alpha value is -3.54. The highest BCUT2D eigenvalue weighted by atomic mass is 19.1. The van der Waals surface area contributed by atoms with Crippen molar-refractivity contribution in [3.8, 4) is 11.3 Å². The first-order chi connectivity index (χ1) is 16.1. The normalized spacial score (nSPS) is 14.5. The quantitative estimate of drug-likeness (QED) is 0.434. The number of carbonyl (C=O) groups is 1. The Bertz CT molecular complexity index is 1310. The molecule has 1 saturated carbocycles. The molecule has 5 nitrogen and oxygen atoms in total. The molecule has 3 aromatic heterocycles. The summed E-state index contributed by atoms with van der Waals surface area (Å²) < 4.78 is 17.0. The molecule has 0 radical (unpaired) electrons. The van der Waals surface area contributed by atoms with Crippen LogP contribution in [0.15, 0.2) is 60.9 Å². The summed E-state index contributed by atoms with van der Waals surface area (Å²) in [6, 6.07) is 14.9. The number of benzene rings is 1. The maximum absolute atomic E-state index is 15.1. The van der Waals surface area contributed by atoms with Crippen LogP contribution < -0.4 is 5.32 Å². The van der Waals surface area contributed by atoms with E-state index in [1.807, 2.05) is 47.9 Å². The number of halogens is 1. The van der Waals surface area contributed by atoms with Crippen molar-refractivity contribution in [1.29, 1.82) is 0 Å². The lowest BCUT2D eigenvalue weighted by Crippen LogP contribution is -2.36. The third-order valence-electron chi connectivity index (χ3n) is 6.40. The van der Waals surface area contributed by atoms with E-state index in [2.05, 4.69) is 15.3 Å². The Morgan fingerprint density at radius 3 is 2.76 bits per heavy atom. The zero-order valence-electron chi connectivity index (χ0n) is 18.7. The Morgan fingerprint density at radius 1 is 1.12 bits per heavy atom. The Morgan fingerprint density at radius 2 is 1.97 bits per heavy atom. The second kappa shape index (κ2) is 9.14. The monoisotopic (exact) mass is 442 g/mol. The van der Waals surface area contributed by atoms with Gasteiger partial charge in [0, 0.05) is 35.3 Å². The largest absolute Gasteiger partial charge is 0.349 e. The van der Waals surface area contributed by atoms with Gasteiger partial charge in [0.05, 0.1) is 23.3 Å². The van der Waals surface area contributed by atoms with Crippen LogP contribution in [0, 0.1) is 12.7 Å². The van der Waals surface area contributed by atoms with Crippen molar-refractivity contribution >= 4 is 16.9 Å². The molecule has 168 valence electrons. The number of rotatable bonds is 5. The smallest absolute Gasteiger partial charge is 0.255 e. The van der Waals surface area contributed by atoms with E-state index in [-0.39, 0.29) is 17.8 Å². The van der Waals surface area contributed by atoms with Crippen molar-refractivity contribution in [1.82, 2.24) is 19.9 Å². The average Bonchev–Trinajstić information content (AvgIpc) is 3.20. The molecule has 4 aromatic rings. The highest BCUT2D eigenvalue weighted by Gasteiger charge is 2.21. The number of aryl methyl sites for hydroxylation is 1. The topological polar surface area (TPSA) is 59.8 Å². The van der Waals surface area contributed by atoms with E-state index < -0.39 is 0 Å². The fourth-order valence-electron chi connectivity index (χ4n) is 4.65. The van der Waals surface area contributed by atoms with Crippen molar-refractivity contribution in [2.45, 2.75) is 51.6 Å². The number of carbonyl (C=O) groups excluding carboxylic acids is 1. The molecule has 33 heavy (non-hydrogen) atoms. The molecule has 6 heteroatoms. The van der Waals surface area contributed by atoms with Crippen LogP contribution in [-0.4, -0.2) is 26.5 Å². The van der Waals surface area contributed by atoms with E-state index in [1.165, 1.54) is 12.5 Å². The Labute approximate surface area is 192 Å². The molecule has 0 bridgehead atoms. The molecule has 1 amide bonds. The molecular formula is C27H27FN4O. The highest BCUT2D eigenvalue weighted by Crippen LogP contribution is 2.25. The van der Waals surface area contributed by atoms with Crippen molar-refractivity contribution in [2.75, 3.05) is 0 Å². The van der Waals surface area contributed by atoms with E-state index in [0.29, 0.717) is 23.2 Å². The van der Waals surface area contributed by atoms with E-state index in [0.717, 1.165) is 48.2 Å². The number of hydrogen-bond donors (Lipinski definition) is 1. The van der Waals surface area contributed by atoms with Gasteiger partial charge < -0.3 is 9.88 Å². The zero-order chi connectivity index (χ0) is 22.8. The number of nitrogens with one attached hydrogen (secondary N) is 1. The molecule has 0 saturated heterocycles. The first-order valence-corrected chi connectivity index (χ1v) is 11.6. The number of nitrogens with zero attached hydrogens (tertiary/aromatic N) is 3.